The molecule has 0 aliphatic carbocycles. The summed E-state index contributed by atoms with van der Waals surface area (Å²) in [6.07, 6.45) is -0.378. The maximum atomic E-state index is 8.96. The van der Waals surface area contributed by atoms with Crippen molar-refractivity contribution < 1.29 is 14.6 Å². The van der Waals surface area contributed by atoms with E-state index < -0.39 is 0 Å². The molecule has 1 aromatic carbocycles. The van der Waals surface area contributed by atoms with Gasteiger partial charge >= 0.3 is 0 Å². The molecule has 1 N–H and O–H groups in total. The molecule has 110 valence electrons. The summed E-state index contributed by atoms with van der Waals surface area (Å²) in [5.74, 6) is 6.39. The summed E-state index contributed by atoms with van der Waals surface area (Å²) in [6.45, 7) is 2.43. The molecule has 1 fully saturated rings. The van der Waals surface area contributed by atoms with Gasteiger partial charge in [0.1, 0.15) is 12.4 Å². The SMILES string of the molecule is COc1ccc(C#CCO)c(CN2CCOC(C#N)C2)c1. The molecular formula is C16H18N2O3. The maximum Gasteiger partial charge on any atom is 0.156 e. The Morgan fingerprint density at radius 1 is 1.52 bits per heavy atom. The fourth-order valence-corrected chi connectivity index (χ4v) is 2.25. The smallest absolute Gasteiger partial charge is 0.156 e. The van der Waals surface area contributed by atoms with Gasteiger partial charge in [0, 0.05) is 25.2 Å². The van der Waals surface area contributed by atoms with Gasteiger partial charge in [-0.2, -0.15) is 5.26 Å². The van der Waals surface area contributed by atoms with E-state index in [-0.39, 0.29) is 12.7 Å². The largest absolute Gasteiger partial charge is 0.497 e. The summed E-state index contributed by atoms with van der Waals surface area (Å²) in [7, 11) is 1.62. The van der Waals surface area contributed by atoms with E-state index >= 15 is 0 Å². The molecule has 5 heteroatoms. The fraction of sp³-hybridized carbons (Fsp3) is 0.438. The lowest BCUT2D eigenvalue weighted by atomic mass is 10.1. The van der Waals surface area contributed by atoms with Gasteiger partial charge in [0.2, 0.25) is 0 Å². The molecule has 0 spiro atoms. The van der Waals surface area contributed by atoms with Gasteiger partial charge in [0.15, 0.2) is 6.10 Å². The van der Waals surface area contributed by atoms with Crippen molar-refractivity contribution in [3.8, 4) is 23.7 Å². The van der Waals surface area contributed by atoms with E-state index in [2.05, 4.69) is 22.8 Å². The third-order valence-electron chi connectivity index (χ3n) is 3.30. The molecular weight excluding hydrogens is 268 g/mol. The van der Waals surface area contributed by atoms with E-state index in [1.54, 1.807) is 7.11 Å². The molecule has 0 bridgehead atoms. The Morgan fingerprint density at radius 3 is 3.10 bits per heavy atom. The highest BCUT2D eigenvalue weighted by atomic mass is 16.5. The Bertz CT molecular complexity index is 583. The van der Waals surface area contributed by atoms with Crippen molar-refractivity contribution in [2.45, 2.75) is 12.6 Å². The molecule has 2 rings (SSSR count). The lowest BCUT2D eigenvalue weighted by Crippen LogP contribution is -2.41. The second kappa shape index (κ2) is 7.66. The quantitative estimate of drug-likeness (QED) is 0.831. The van der Waals surface area contributed by atoms with Crippen LogP contribution in [-0.2, 0) is 11.3 Å². The van der Waals surface area contributed by atoms with Crippen LogP contribution in [0.15, 0.2) is 18.2 Å². The van der Waals surface area contributed by atoms with E-state index in [9.17, 15) is 0 Å². The van der Waals surface area contributed by atoms with Crippen LogP contribution < -0.4 is 4.74 Å². The number of nitrogens with zero attached hydrogens (tertiary/aromatic N) is 2. The van der Waals surface area contributed by atoms with Crippen molar-refractivity contribution in [2.24, 2.45) is 0 Å². The third-order valence-corrected chi connectivity index (χ3v) is 3.30. The van der Waals surface area contributed by atoms with Crippen LogP contribution in [0.1, 0.15) is 11.1 Å². The first-order chi connectivity index (χ1) is 10.3. The first-order valence-corrected chi connectivity index (χ1v) is 6.77. The first-order valence-electron chi connectivity index (χ1n) is 6.77. The highest BCUT2D eigenvalue weighted by Gasteiger charge is 2.20. The summed E-state index contributed by atoms with van der Waals surface area (Å²) >= 11 is 0. The molecule has 21 heavy (non-hydrogen) atoms. The lowest BCUT2D eigenvalue weighted by Gasteiger charge is -2.30. The van der Waals surface area contributed by atoms with Crippen molar-refractivity contribution in [1.82, 2.24) is 4.90 Å². The zero-order valence-electron chi connectivity index (χ0n) is 12.0. The van der Waals surface area contributed by atoms with E-state index in [4.69, 9.17) is 19.8 Å². The number of hydrogen-bond acceptors (Lipinski definition) is 5. The highest BCUT2D eigenvalue weighted by Crippen LogP contribution is 2.20. The molecule has 1 saturated heterocycles. The maximum absolute atomic E-state index is 8.96. The Morgan fingerprint density at radius 2 is 2.38 bits per heavy atom. The normalized spacial score (nSPS) is 18.4. The number of ether oxygens (including phenoxy) is 2. The van der Waals surface area contributed by atoms with Gasteiger partial charge in [-0.05, 0) is 23.8 Å². The Labute approximate surface area is 124 Å². The zero-order chi connectivity index (χ0) is 15.1. The standard InChI is InChI=1S/C16H18N2O3/c1-20-15-5-4-13(3-2-7-19)14(9-15)11-18-6-8-21-16(10-17)12-18/h4-5,9,16,19H,6-8,11-12H2,1H3. The van der Waals surface area contributed by atoms with E-state index in [0.717, 1.165) is 23.4 Å². The molecule has 1 aromatic rings. The average molecular weight is 286 g/mol. The summed E-state index contributed by atoms with van der Waals surface area (Å²) in [5.41, 5.74) is 1.89. The molecule has 0 amide bonds. The third kappa shape index (κ3) is 4.21. The molecule has 1 unspecified atom stereocenters. The fourth-order valence-electron chi connectivity index (χ4n) is 2.25. The van der Waals surface area contributed by atoms with Crippen molar-refractivity contribution in [1.29, 1.82) is 5.26 Å². The molecule has 0 radical (unpaired) electrons. The number of nitriles is 1. The van der Waals surface area contributed by atoms with Crippen LogP contribution >= 0.6 is 0 Å². The highest BCUT2D eigenvalue weighted by molar-refractivity contribution is 5.45. The van der Waals surface area contributed by atoms with Crippen LogP contribution in [0.2, 0.25) is 0 Å². The van der Waals surface area contributed by atoms with Crippen molar-refractivity contribution in [2.75, 3.05) is 33.4 Å². The van der Waals surface area contributed by atoms with Gasteiger partial charge in [-0.3, -0.25) is 4.90 Å². The van der Waals surface area contributed by atoms with Crippen LogP contribution in [0, 0.1) is 23.2 Å². The van der Waals surface area contributed by atoms with Gasteiger partial charge in [0.25, 0.3) is 0 Å². The van der Waals surface area contributed by atoms with Crippen molar-refractivity contribution >= 4 is 0 Å². The van der Waals surface area contributed by atoms with Crippen molar-refractivity contribution in [3.63, 3.8) is 0 Å². The minimum Gasteiger partial charge on any atom is -0.497 e. The summed E-state index contributed by atoms with van der Waals surface area (Å²) in [4.78, 5) is 2.16. The van der Waals surface area contributed by atoms with Crippen LogP contribution in [0.4, 0.5) is 0 Å². The minimum absolute atomic E-state index is 0.167. The molecule has 1 atom stereocenters. The molecule has 0 aromatic heterocycles. The number of morpholine rings is 1. The Balaban J connectivity index is 2.18. The zero-order valence-corrected chi connectivity index (χ0v) is 12.0. The number of methoxy groups -OCH3 is 1. The monoisotopic (exact) mass is 286 g/mol. The molecule has 0 saturated carbocycles. The van der Waals surface area contributed by atoms with Crippen molar-refractivity contribution in [3.05, 3.63) is 29.3 Å². The van der Waals surface area contributed by atoms with E-state index in [1.807, 2.05) is 18.2 Å². The topological polar surface area (TPSA) is 65.7 Å². The number of aliphatic hydroxyl groups excluding tert-OH is 1. The number of rotatable bonds is 3. The predicted molar refractivity (Wildman–Crippen MR) is 77.6 cm³/mol. The van der Waals surface area contributed by atoms with Gasteiger partial charge in [-0.1, -0.05) is 11.8 Å². The van der Waals surface area contributed by atoms with Crippen LogP contribution in [-0.4, -0.2) is 49.5 Å². The lowest BCUT2D eigenvalue weighted by molar-refractivity contribution is -0.00273. The van der Waals surface area contributed by atoms with E-state index in [1.165, 1.54) is 0 Å². The van der Waals surface area contributed by atoms with E-state index in [0.29, 0.717) is 19.7 Å². The summed E-state index contributed by atoms with van der Waals surface area (Å²) in [5, 5.41) is 17.8. The number of benzene rings is 1. The number of aliphatic hydroxyl groups is 1. The summed E-state index contributed by atoms with van der Waals surface area (Å²) in [6, 6.07) is 7.82. The van der Waals surface area contributed by atoms with Gasteiger partial charge < -0.3 is 14.6 Å². The molecule has 1 heterocycles. The van der Waals surface area contributed by atoms with Crippen LogP contribution in [0.3, 0.4) is 0 Å². The van der Waals surface area contributed by atoms with Gasteiger partial charge in [-0.25, -0.2) is 0 Å². The number of hydrogen-bond donors (Lipinski definition) is 1. The Kier molecular flexibility index (Phi) is 5.59. The van der Waals surface area contributed by atoms with Crippen LogP contribution in [0.5, 0.6) is 5.75 Å². The first kappa shape index (κ1) is 15.3. The molecule has 5 nitrogen and oxygen atoms in total. The Hall–Kier alpha value is -2.05. The average Bonchev–Trinajstić information content (AvgIpc) is 2.53. The summed E-state index contributed by atoms with van der Waals surface area (Å²) < 4.78 is 10.6. The minimum atomic E-state index is -0.378. The van der Waals surface area contributed by atoms with Gasteiger partial charge in [-0.15, -0.1) is 0 Å². The second-order valence-electron chi connectivity index (χ2n) is 4.71. The second-order valence-corrected chi connectivity index (χ2v) is 4.71. The predicted octanol–water partition coefficient (Wildman–Crippen LogP) is 0.763. The molecule has 1 aliphatic rings. The van der Waals surface area contributed by atoms with Gasteiger partial charge in [0.05, 0.1) is 19.8 Å². The van der Waals surface area contributed by atoms with Crippen LogP contribution in [0.25, 0.3) is 0 Å². The molecule has 1 aliphatic heterocycles.